The molecule has 1 rings (SSSR count). The molecule has 0 bridgehead atoms. The van der Waals surface area contributed by atoms with Gasteiger partial charge in [-0.05, 0) is 18.1 Å². The van der Waals surface area contributed by atoms with Gasteiger partial charge in [0, 0.05) is 6.54 Å². The average molecular weight is 358 g/mol. The van der Waals surface area contributed by atoms with Gasteiger partial charge in [0.2, 0.25) is 10.0 Å². The van der Waals surface area contributed by atoms with E-state index in [1.807, 2.05) is 13.8 Å². The minimum atomic E-state index is -4.02. The van der Waals surface area contributed by atoms with Crippen LogP contribution in [0.4, 0.5) is 4.39 Å². The van der Waals surface area contributed by atoms with Crippen molar-refractivity contribution < 1.29 is 17.9 Å². The summed E-state index contributed by atoms with van der Waals surface area (Å²) < 4.78 is 40.0. The lowest BCUT2D eigenvalue weighted by Crippen LogP contribution is -2.36. The Morgan fingerprint density at radius 1 is 1.29 bits per heavy atom. The zero-order valence-electron chi connectivity index (χ0n) is 11.7. The van der Waals surface area contributed by atoms with E-state index in [2.05, 4.69) is 4.72 Å². The summed E-state index contributed by atoms with van der Waals surface area (Å²) in [6.07, 6.45) is 0.650. The average Bonchev–Trinajstić information content (AvgIpc) is 2.44. The van der Waals surface area contributed by atoms with Crippen LogP contribution < -0.4 is 4.72 Å². The van der Waals surface area contributed by atoms with E-state index in [0.717, 1.165) is 25.0 Å². The number of benzene rings is 1. The van der Waals surface area contributed by atoms with Gasteiger partial charge in [-0.25, -0.2) is 17.5 Å². The molecule has 0 fully saturated rings. The summed E-state index contributed by atoms with van der Waals surface area (Å²) in [4.78, 5) is -0.400. The normalized spacial score (nSPS) is 13.7. The maximum Gasteiger partial charge on any atom is 0.242 e. The van der Waals surface area contributed by atoms with Gasteiger partial charge < -0.3 is 5.11 Å². The van der Waals surface area contributed by atoms with Crippen LogP contribution in [-0.2, 0) is 10.0 Å². The maximum atomic E-state index is 13.6. The molecule has 1 unspecified atom stereocenters. The molecule has 2 N–H and O–H groups in total. The second-order valence-corrected chi connectivity index (χ2v) is 7.19. The molecule has 0 aliphatic heterocycles. The number of aliphatic hydroxyl groups excluding tert-OH is 1. The number of sulfonamides is 1. The van der Waals surface area contributed by atoms with E-state index in [4.69, 9.17) is 23.2 Å². The quantitative estimate of drug-likeness (QED) is 0.736. The first-order chi connectivity index (χ1) is 9.74. The fraction of sp³-hybridized carbons (Fsp3) is 0.538. The molecule has 8 heteroatoms. The number of hydrogen-bond acceptors (Lipinski definition) is 3. The highest BCUT2D eigenvalue weighted by Gasteiger charge is 2.24. The Morgan fingerprint density at radius 3 is 2.38 bits per heavy atom. The molecule has 1 aromatic rings. The molecule has 0 aromatic heterocycles. The van der Waals surface area contributed by atoms with Crippen LogP contribution in [-0.4, -0.2) is 26.2 Å². The summed E-state index contributed by atoms with van der Waals surface area (Å²) in [5, 5.41) is 9.12. The van der Waals surface area contributed by atoms with Crippen molar-refractivity contribution in [2.45, 2.75) is 37.7 Å². The third-order valence-corrected chi connectivity index (χ3v) is 5.60. The van der Waals surface area contributed by atoms with Crippen LogP contribution in [0.15, 0.2) is 17.0 Å². The van der Waals surface area contributed by atoms with Crippen molar-refractivity contribution in [1.29, 1.82) is 0 Å². The largest absolute Gasteiger partial charge is 0.391 e. The fourth-order valence-corrected chi connectivity index (χ4v) is 3.78. The van der Waals surface area contributed by atoms with Crippen LogP contribution in [0.2, 0.25) is 10.0 Å². The van der Waals surface area contributed by atoms with Crippen LogP contribution in [0.3, 0.4) is 0 Å². The van der Waals surface area contributed by atoms with Gasteiger partial charge in [0.05, 0.1) is 16.1 Å². The van der Waals surface area contributed by atoms with Gasteiger partial charge in [-0.1, -0.05) is 49.9 Å². The fourth-order valence-electron chi connectivity index (χ4n) is 1.99. The van der Waals surface area contributed by atoms with Gasteiger partial charge in [-0.3, -0.25) is 0 Å². The van der Waals surface area contributed by atoms with Gasteiger partial charge in [-0.2, -0.15) is 0 Å². The molecule has 0 saturated heterocycles. The molecule has 0 aliphatic rings. The Hall–Kier alpha value is -0.400. The molecule has 120 valence electrons. The van der Waals surface area contributed by atoms with Crippen molar-refractivity contribution in [2.24, 2.45) is 5.92 Å². The topological polar surface area (TPSA) is 66.4 Å². The Bertz CT molecular complexity index is 591. The third-order valence-electron chi connectivity index (χ3n) is 3.36. The number of aliphatic hydroxyl groups is 1. The van der Waals surface area contributed by atoms with Gasteiger partial charge in [-0.15, -0.1) is 0 Å². The van der Waals surface area contributed by atoms with Crippen LogP contribution >= 0.6 is 23.2 Å². The first-order valence-electron chi connectivity index (χ1n) is 6.55. The summed E-state index contributed by atoms with van der Waals surface area (Å²) >= 11 is 11.2. The monoisotopic (exact) mass is 357 g/mol. The van der Waals surface area contributed by atoms with Gasteiger partial charge in [0.1, 0.15) is 4.90 Å². The highest BCUT2D eigenvalue weighted by Crippen LogP contribution is 2.29. The van der Waals surface area contributed by atoms with Gasteiger partial charge in [0.25, 0.3) is 0 Å². The van der Waals surface area contributed by atoms with Crippen molar-refractivity contribution in [3.63, 3.8) is 0 Å². The lowest BCUT2D eigenvalue weighted by molar-refractivity contribution is 0.107. The predicted molar refractivity (Wildman–Crippen MR) is 81.7 cm³/mol. The minimum absolute atomic E-state index is 0.00914. The van der Waals surface area contributed by atoms with Gasteiger partial charge in [0.15, 0.2) is 5.82 Å². The summed E-state index contributed by atoms with van der Waals surface area (Å²) in [5.74, 6) is -0.994. The molecule has 0 amide bonds. The second kappa shape index (κ2) is 7.74. The Balaban J connectivity index is 2.91. The summed E-state index contributed by atoms with van der Waals surface area (Å²) in [5.41, 5.74) is 0. The SMILES string of the molecule is CCC(CC)C(O)CNS(=O)(=O)c1ccc(Cl)c(F)c1Cl. The molecule has 21 heavy (non-hydrogen) atoms. The smallest absolute Gasteiger partial charge is 0.242 e. The second-order valence-electron chi connectivity index (χ2n) is 4.67. The number of rotatable bonds is 7. The van der Waals surface area contributed by atoms with Crippen LogP contribution in [0.1, 0.15) is 26.7 Å². The third kappa shape index (κ3) is 4.53. The maximum absolute atomic E-state index is 13.6. The van der Waals surface area contributed by atoms with Crippen molar-refractivity contribution in [3.8, 4) is 0 Å². The molecule has 0 aliphatic carbocycles. The molecule has 0 saturated carbocycles. The number of hydrogen-bond donors (Lipinski definition) is 2. The molecule has 0 radical (unpaired) electrons. The van der Waals surface area contributed by atoms with E-state index in [1.54, 1.807) is 0 Å². The van der Waals surface area contributed by atoms with Crippen molar-refractivity contribution in [2.75, 3.05) is 6.54 Å². The first kappa shape index (κ1) is 18.6. The van der Waals surface area contributed by atoms with E-state index in [-0.39, 0.29) is 17.5 Å². The highest BCUT2D eigenvalue weighted by molar-refractivity contribution is 7.89. The Kier molecular flexibility index (Phi) is 6.87. The highest BCUT2D eigenvalue weighted by atomic mass is 35.5. The van der Waals surface area contributed by atoms with E-state index in [1.165, 1.54) is 0 Å². The lowest BCUT2D eigenvalue weighted by atomic mass is 9.97. The van der Waals surface area contributed by atoms with Crippen molar-refractivity contribution in [1.82, 2.24) is 4.72 Å². The van der Waals surface area contributed by atoms with E-state index < -0.39 is 31.9 Å². The molecular formula is C13H18Cl2FNO3S. The molecular weight excluding hydrogens is 340 g/mol. The molecule has 0 heterocycles. The standard InChI is InChI=1S/C13H18Cl2FNO3S/c1-3-8(4-2)10(18)7-17-21(19,20)11-6-5-9(14)13(16)12(11)15/h5-6,8,10,17-18H,3-4,7H2,1-2H3. The van der Waals surface area contributed by atoms with Gasteiger partial charge >= 0.3 is 0 Å². The number of nitrogens with one attached hydrogen (secondary N) is 1. The lowest BCUT2D eigenvalue weighted by Gasteiger charge is -2.20. The zero-order valence-corrected chi connectivity index (χ0v) is 14.1. The number of halogens is 3. The van der Waals surface area contributed by atoms with E-state index in [9.17, 15) is 17.9 Å². The summed E-state index contributed by atoms with van der Waals surface area (Å²) in [6, 6.07) is 2.24. The van der Waals surface area contributed by atoms with E-state index >= 15 is 0 Å². The predicted octanol–water partition coefficient (Wildman–Crippen LogP) is 3.21. The Labute approximate surface area is 134 Å². The van der Waals surface area contributed by atoms with E-state index in [0.29, 0.717) is 0 Å². The van der Waals surface area contributed by atoms with Crippen LogP contribution in [0.25, 0.3) is 0 Å². The molecule has 0 spiro atoms. The van der Waals surface area contributed by atoms with Crippen molar-refractivity contribution in [3.05, 3.63) is 28.0 Å². The summed E-state index contributed by atoms with van der Waals surface area (Å²) in [6.45, 7) is 3.67. The summed E-state index contributed by atoms with van der Waals surface area (Å²) in [7, 11) is -4.02. The minimum Gasteiger partial charge on any atom is -0.391 e. The Morgan fingerprint density at radius 2 is 1.86 bits per heavy atom. The van der Waals surface area contributed by atoms with Crippen molar-refractivity contribution >= 4 is 33.2 Å². The molecule has 1 aromatic carbocycles. The zero-order chi connectivity index (χ0) is 16.2. The first-order valence-corrected chi connectivity index (χ1v) is 8.79. The van der Waals surface area contributed by atoms with Crippen LogP contribution in [0.5, 0.6) is 0 Å². The molecule has 1 atom stereocenters. The molecule has 4 nitrogen and oxygen atoms in total. The van der Waals surface area contributed by atoms with Crippen LogP contribution in [0, 0.1) is 11.7 Å².